The maximum Gasteiger partial charge on any atom is 0.216 e. The van der Waals surface area contributed by atoms with Gasteiger partial charge < -0.3 is 14.4 Å². The predicted octanol–water partition coefficient (Wildman–Crippen LogP) is 6.00. The Hall–Kier alpha value is -1.77. The number of fused-ring (bicyclic) bond motifs is 2. The molecule has 196 valence electrons. The first-order chi connectivity index (χ1) is 17.5. The first-order valence-electron chi connectivity index (χ1n) is 13.5. The first kappa shape index (κ1) is 25.9. The van der Waals surface area contributed by atoms with E-state index < -0.39 is 0 Å². The summed E-state index contributed by atoms with van der Waals surface area (Å²) in [5.41, 5.74) is 3.76. The highest BCUT2D eigenvalue weighted by molar-refractivity contribution is 9.12. The van der Waals surface area contributed by atoms with Crippen molar-refractivity contribution in [3.63, 3.8) is 0 Å². The summed E-state index contributed by atoms with van der Waals surface area (Å²) < 4.78 is 28.5. The SMILES string of the molecule is C/C=C1\C(=NC(C)CC)C(Br)=C(F)c2nc(OCC34CCCN3CCC4)cc(N3CCCOCC3)c21. The minimum Gasteiger partial charge on any atom is -0.476 e. The van der Waals surface area contributed by atoms with Crippen molar-refractivity contribution in [3.8, 4) is 5.88 Å². The average Bonchev–Trinajstić information content (AvgIpc) is 3.35. The van der Waals surface area contributed by atoms with E-state index in [1.165, 1.54) is 12.8 Å². The summed E-state index contributed by atoms with van der Waals surface area (Å²) in [5, 5.41) is 0. The molecule has 8 heteroatoms. The Morgan fingerprint density at radius 3 is 2.72 bits per heavy atom. The number of aromatic nitrogens is 1. The van der Waals surface area contributed by atoms with Crippen LogP contribution in [0.1, 0.15) is 70.6 Å². The van der Waals surface area contributed by atoms with Gasteiger partial charge in [-0.2, -0.15) is 0 Å². The molecule has 4 heterocycles. The number of pyridine rings is 1. The molecule has 1 aromatic heterocycles. The number of anilines is 1. The van der Waals surface area contributed by atoms with Crippen LogP contribution in [-0.2, 0) is 4.74 Å². The lowest BCUT2D eigenvalue weighted by Crippen LogP contribution is -2.43. The van der Waals surface area contributed by atoms with Crippen LogP contribution in [0.15, 0.2) is 21.6 Å². The molecule has 0 amide bonds. The molecule has 0 bridgehead atoms. The van der Waals surface area contributed by atoms with Crippen molar-refractivity contribution >= 4 is 38.7 Å². The molecule has 6 nitrogen and oxygen atoms in total. The number of allylic oxidation sites excluding steroid dienone is 3. The van der Waals surface area contributed by atoms with E-state index in [1.807, 2.05) is 19.1 Å². The van der Waals surface area contributed by atoms with E-state index in [2.05, 4.69) is 39.6 Å². The molecule has 5 rings (SSSR count). The summed E-state index contributed by atoms with van der Waals surface area (Å²) in [4.78, 5) is 14.5. The van der Waals surface area contributed by atoms with Gasteiger partial charge in [0.05, 0.1) is 28.0 Å². The Bertz CT molecular complexity index is 1070. The van der Waals surface area contributed by atoms with Crippen LogP contribution in [0.4, 0.5) is 10.1 Å². The van der Waals surface area contributed by atoms with E-state index in [0.717, 1.165) is 75.3 Å². The van der Waals surface area contributed by atoms with Gasteiger partial charge in [0.25, 0.3) is 0 Å². The second-order valence-corrected chi connectivity index (χ2v) is 11.2. The third kappa shape index (κ3) is 4.76. The lowest BCUT2D eigenvalue weighted by atomic mass is 9.90. The molecule has 4 aliphatic rings. The molecule has 1 aliphatic carbocycles. The number of hydrogen-bond donors (Lipinski definition) is 0. The van der Waals surface area contributed by atoms with Crippen molar-refractivity contribution in [2.75, 3.05) is 50.9 Å². The zero-order valence-corrected chi connectivity index (χ0v) is 23.4. The Morgan fingerprint density at radius 1 is 1.22 bits per heavy atom. The van der Waals surface area contributed by atoms with Crippen LogP contribution in [0.3, 0.4) is 0 Å². The summed E-state index contributed by atoms with van der Waals surface area (Å²) in [5.74, 6) is 0.118. The molecule has 1 atom stereocenters. The molecule has 1 unspecified atom stereocenters. The maximum atomic E-state index is 16.0. The van der Waals surface area contributed by atoms with Crippen LogP contribution >= 0.6 is 15.9 Å². The Morgan fingerprint density at radius 2 is 2.00 bits per heavy atom. The fraction of sp³-hybridized carbons (Fsp3) is 0.643. The molecular formula is C28H38BrFN4O2. The molecule has 1 aromatic rings. The molecule has 0 aromatic carbocycles. The average molecular weight is 562 g/mol. The molecule has 3 saturated heterocycles. The van der Waals surface area contributed by atoms with Crippen molar-refractivity contribution < 1.29 is 13.9 Å². The second-order valence-electron chi connectivity index (χ2n) is 10.4. The highest BCUT2D eigenvalue weighted by Crippen LogP contribution is 2.45. The Kier molecular flexibility index (Phi) is 7.84. The third-order valence-corrected chi connectivity index (χ3v) is 8.92. The summed E-state index contributed by atoms with van der Waals surface area (Å²) in [6.07, 6.45) is 8.59. The van der Waals surface area contributed by atoms with E-state index in [9.17, 15) is 0 Å². The van der Waals surface area contributed by atoms with Crippen LogP contribution < -0.4 is 9.64 Å². The second kappa shape index (κ2) is 10.9. The van der Waals surface area contributed by atoms with Crippen molar-refractivity contribution in [3.05, 3.63) is 27.9 Å². The number of halogens is 2. The van der Waals surface area contributed by atoms with Gasteiger partial charge in [-0.25, -0.2) is 9.37 Å². The summed E-state index contributed by atoms with van der Waals surface area (Å²) in [6, 6.07) is 2.11. The summed E-state index contributed by atoms with van der Waals surface area (Å²) >= 11 is 3.53. The maximum absolute atomic E-state index is 16.0. The number of nitrogens with zero attached hydrogens (tertiary/aromatic N) is 4. The van der Waals surface area contributed by atoms with Gasteiger partial charge in [0.15, 0.2) is 5.83 Å². The standard InChI is InChI=1S/C28H38BrFN4O2/c1-4-19(3)31-26-20(5-2)23-21(33-11-8-15-35-16-14-33)17-22(32-27(23)25(30)24(26)29)36-18-28-9-6-12-34(28)13-7-10-28/h5,17,19H,4,6-16,18H2,1-3H3/b20-5-,31-26?. The molecule has 3 aliphatic heterocycles. The summed E-state index contributed by atoms with van der Waals surface area (Å²) in [6.45, 7) is 12.0. The van der Waals surface area contributed by atoms with Gasteiger partial charge in [0.2, 0.25) is 5.88 Å². The van der Waals surface area contributed by atoms with Crippen LogP contribution in [0, 0.1) is 0 Å². The van der Waals surface area contributed by atoms with Gasteiger partial charge in [-0.1, -0.05) is 13.0 Å². The number of rotatable bonds is 6. The van der Waals surface area contributed by atoms with Gasteiger partial charge in [-0.05, 0) is 81.4 Å². The van der Waals surface area contributed by atoms with Crippen molar-refractivity contribution in [1.82, 2.24) is 9.88 Å². The monoisotopic (exact) mass is 560 g/mol. The zero-order valence-electron chi connectivity index (χ0n) is 21.8. The minimum absolute atomic E-state index is 0.0856. The number of hydrogen-bond acceptors (Lipinski definition) is 6. The van der Waals surface area contributed by atoms with E-state index in [4.69, 9.17) is 19.5 Å². The van der Waals surface area contributed by atoms with Crippen LogP contribution in [0.5, 0.6) is 5.88 Å². The first-order valence-corrected chi connectivity index (χ1v) is 14.3. The largest absolute Gasteiger partial charge is 0.476 e. The molecule has 36 heavy (non-hydrogen) atoms. The molecule has 3 fully saturated rings. The lowest BCUT2D eigenvalue weighted by Gasteiger charge is -2.33. The van der Waals surface area contributed by atoms with Crippen LogP contribution in [0.25, 0.3) is 11.4 Å². The van der Waals surface area contributed by atoms with Crippen molar-refractivity contribution in [2.45, 2.75) is 70.9 Å². The van der Waals surface area contributed by atoms with E-state index >= 15 is 4.39 Å². The smallest absolute Gasteiger partial charge is 0.216 e. The lowest BCUT2D eigenvalue weighted by molar-refractivity contribution is 0.111. The quantitative estimate of drug-likeness (QED) is 0.426. The topological polar surface area (TPSA) is 50.2 Å². The van der Waals surface area contributed by atoms with Gasteiger partial charge in [0.1, 0.15) is 12.3 Å². The van der Waals surface area contributed by atoms with E-state index in [1.54, 1.807) is 0 Å². The van der Waals surface area contributed by atoms with Gasteiger partial charge in [0, 0.05) is 42.9 Å². The minimum atomic E-state index is -0.378. The molecule has 0 saturated carbocycles. The fourth-order valence-corrected chi connectivity index (χ4v) is 6.58. The fourth-order valence-electron chi connectivity index (χ4n) is 6.08. The summed E-state index contributed by atoms with van der Waals surface area (Å²) in [7, 11) is 0. The zero-order chi connectivity index (χ0) is 25.3. The number of aliphatic imine (C=N–C) groups is 1. The third-order valence-electron chi connectivity index (χ3n) is 8.20. The van der Waals surface area contributed by atoms with Crippen LogP contribution in [0.2, 0.25) is 0 Å². The van der Waals surface area contributed by atoms with Gasteiger partial charge >= 0.3 is 0 Å². The van der Waals surface area contributed by atoms with Crippen LogP contribution in [-0.4, -0.2) is 73.2 Å². The molecular weight excluding hydrogens is 523 g/mol. The Balaban J connectivity index is 1.59. The highest BCUT2D eigenvalue weighted by atomic mass is 79.9. The molecule has 0 spiro atoms. The van der Waals surface area contributed by atoms with Crippen molar-refractivity contribution in [1.29, 1.82) is 0 Å². The molecule has 0 N–H and O–H groups in total. The van der Waals surface area contributed by atoms with Gasteiger partial charge in [-0.3, -0.25) is 9.89 Å². The van der Waals surface area contributed by atoms with Gasteiger partial charge in [-0.15, -0.1) is 0 Å². The van der Waals surface area contributed by atoms with Crippen molar-refractivity contribution in [2.24, 2.45) is 4.99 Å². The highest BCUT2D eigenvalue weighted by Gasteiger charge is 2.45. The van der Waals surface area contributed by atoms with E-state index in [0.29, 0.717) is 35.0 Å². The Labute approximate surface area is 222 Å². The molecule has 0 radical (unpaired) electrons. The normalized spacial score (nSPS) is 25.3. The number of ether oxygens (including phenoxy) is 2. The van der Waals surface area contributed by atoms with E-state index in [-0.39, 0.29) is 17.4 Å². The predicted molar refractivity (Wildman–Crippen MR) is 148 cm³/mol.